The lowest BCUT2D eigenvalue weighted by atomic mass is 10.1. The average molecular weight is 381 g/mol. The van der Waals surface area contributed by atoms with Crippen LogP contribution in [-0.4, -0.2) is 22.1 Å². The van der Waals surface area contributed by atoms with Crippen LogP contribution >= 0.6 is 11.6 Å². The molecule has 7 heteroatoms. The van der Waals surface area contributed by atoms with Gasteiger partial charge in [0.2, 0.25) is 10.0 Å². The fourth-order valence-electron chi connectivity index (χ4n) is 2.99. The van der Waals surface area contributed by atoms with Gasteiger partial charge in [-0.05, 0) is 60.6 Å². The van der Waals surface area contributed by atoms with Gasteiger partial charge in [0.1, 0.15) is 5.75 Å². The van der Waals surface area contributed by atoms with Gasteiger partial charge in [-0.15, -0.1) is 0 Å². The summed E-state index contributed by atoms with van der Waals surface area (Å²) < 4.78 is 27.9. The van der Waals surface area contributed by atoms with E-state index in [0.29, 0.717) is 16.9 Å². The molecule has 2 aromatic carbocycles. The van der Waals surface area contributed by atoms with Crippen LogP contribution in [0.5, 0.6) is 5.75 Å². The van der Waals surface area contributed by atoms with E-state index in [4.69, 9.17) is 21.5 Å². The van der Waals surface area contributed by atoms with E-state index in [1.807, 2.05) is 24.3 Å². The molecular formula is C18H21ClN2O3S. The number of sulfonamides is 1. The summed E-state index contributed by atoms with van der Waals surface area (Å²) in [5, 5.41) is 9.19. The second-order valence-electron chi connectivity index (χ2n) is 6.37. The van der Waals surface area contributed by atoms with Crippen LogP contribution < -0.4 is 15.2 Å². The van der Waals surface area contributed by atoms with Gasteiger partial charge >= 0.3 is 0 Å². The molecule has 3 rings (SSSR count). The number of benzene rings is 2. The molecule has 1 saturated carbocycles. The van der Waals surface area contributed by atoms with E-state index in [0.717, 1.165) is 36.4 Å². The molecule has 0 bridgehead atoms. The molecular weight excluding hydrogens is 360 g/mol. The topological polar surface area (TPSA) is 81.4 Å². The summed E-state index contributed by atoms with van der Waals surface area (Å²) in [6.07, 6.45) is 2.08. The van der Waals surface area contributed by atoms with Crippen LogP contribution in [-0.2, 0) is 16.4 Å². The first-order chi connectivity index (χ1) is 11.9. The average Bonchev–Trinajstić information content (AvgIpc) is 3.30. The lowest BCUT2D eigenvalue weighted by Gasteiger charge is -2.11. The Bertz CT molecular complexity index is 853. The van der Waals surface area contributed by atoms with Gasteiger partial charge in [-0.3, -0.25) is 0 Å². The summed E-state index contributed by atoms with van der Waals surface area (Å²) in [5.41, 5.74) is 2.03. The Kier molecular flexibility index (Phi) is 5.22. The molecule has 2 atom stereocenters. The maximum absolute atomic E-state index is 11.3. The summed E-state index contributed by atoms with van der Waals surface area (Å²) in [6.45, 7) is 0.858. The smallest absolute Gasteiger partial charge is 0.238 e. The predicted molar refractivity (Wildman–Crippen MR) is 99.6 cm³/mol. The maximum Gasteiger partial charge on any atom is 0.238 e. The zero-order valence-electron chi connectivity index (χ0n) is 13.9. The first-order valence-corrected chi connectivity index (χ1v) is 9.98. The molecule has 1 aliphatic rings. The Labute approximate surface area is 153 Å². The molecule has 0 aromatic heterocycles. The first kappa shape index (κ1) is 18.0. The van der Waals surface area contributed by atoms with Crippen molar-refractivity contribution >= 4 is 27.3 Å². The molecule has 25 heavy (non-hydrogen) atoms. The van der Waals surface area contributed by atoms with Crippen molar-refractivity contribution < 1.29 is 13.2 Å². The Hall–Kier alpha value is -1.76. The van der Waals surface area contributed by atoms with E-state index in [9.17, 15) is 8.42 Å². The number of methoxy groups -OCH3 is 1. The molecule has 1 fully saturated rings. The molecule has 5 nitrogen and oxygen atoms in total. The van der Waals surface area contributed by atoms with Crippen molar-refractivity contribution in [3.63, 3.8) is 0 Å². The third kappa shape index (κ3) is 4.66. The van der Waals surface area contributed by atoms with Crippen molar-refractivity contribution in [2.75, 3.05) is 19.0 Å². The number of hydrogen-bond donors (Lipinski definition) is 2. The Balaban J connectivity index is 1.53. The lowest BCUT2D eigenvalue weighted by Crippen LogP contribution is -2.12. The minimum Gasteiger partial charge on any atom is -0.495 e. The molecule has 0 radical (unpaired) electrons. The van der Waals surface area contributed by atoms with Gasteiger partial charge in [-0.25, -0.2) is 13.6 Å². The SMILES string of the molecule is COc1ccc(Cl)cc1NC[C@H]1C[C@@H]1Cc1ccc(S(N)(=O)=O)cc1. The lowest BCUT2D eigenvalue weighted by molar-refractivity contribution is 0.416. The van der Waals surface area contributed by atoms with Crippen LogP contribution in [0.25, 0.3) is 0 Å². The number of nitrogens with one attached hydrogen (secondary N) is 1. The second-order valence-corrected chi connectivity index (χ2v) is 8.37. The van der Waals surface area contributed by atoms with E-state index < -0.39 is 10.0 Å². The van der Waals surface area contributed by atoms with Crippen molar-refractivity contribution in [2.24, 2.45) is 17.0 Å². The molecule has 3 N–H and O–H groups in total. The molecule has 0 spiro atoms. The number of anilines is 1. The van der Waals surface area contributed by atoms with Crippen LogP contribution in [0.15, 0.2) is 47.4 Å². The maximum atomic E-state index is 11.3. The van der Waals surface area contributed by atoms with E-state index in [-0.39, 0.29) is 4.90 Å². The monoisotopic (exact) mass is 380 g/mol. The van der Waals surface area contributed by atoms with Crippen LogP contribution in [0.2, 0.25) is 5.02 Å². The minimum absolute atomic E-state index is 0.151. The van der Waals surface area contributed by atoms with E-state index in [2.05, 4.69) is 5.32 Å². The number of rotatable bonds is 7. The zero-order chi connectivity index (χ0) is 18.0. The van der Waals surface area contributed by atoms with Crippen LogP contribution in [0, 0.1) is 11.8 Å². The summed E-state index contributed by atoms with van der Waals surface area (Å²) in [5.74, 6) is 1.96. The summed E-state index contributed by atoms with van der Waals surface area (Å²) in [4.78, 5) is 0.151. The minimum atomic E-state index is -3.63. The van der Waals surface area contributed by atoms with E-state index in [1.54, 1.807) is 25.3 Å². The van der Waals surface area contributed by atoms with Gasteiger partial charge in [0.05, 0.1) is 17.7 Å². The third-order valence-electron chi connectivity index (χ3n) is 4.54. The molecule has 1 aliphatic carbocycles. The Morgan fingerprint density at radius 2 is 1.92 bits per heavy atom. The largest absolute Gasteiger partial charge is 0.495 e. The van der Waals surface area contributed by atoms with Crippen molar-refractivity contribution in [1.29, 1.82) is 0 Å². The second kappa shape index (κ2) is 7.23. The molecule has 0 unspecified atom stereocenters. The highest BCUT2D eigenvalue weighted by Crippen LogP contribution is 2.41. The van der Waals surface area contributed by atoms with Gasteiger partial charge in [0, 0.05) is 11.6 Å². The molecule has 0 amide bonds. The van der Waals surface area contributed by atoms with Crippen molar-refractivity contribution in [2.45, 2.75) is 17.7 Å². The fraction of sp³-hybridized carbons (Fsp3) is 0.333. The standard InChI is InChI=1S/C18H21ClN2O3S/c1-24-18-7-4-15(19)10-17(18)21-11-14-9-13(14)8-12-2-5-16(6-3-12)25(20,22)23/h2-7,10,13-14,21H,8-9,11H2,1H3,(H2,20,22,23)/t13-,14+/m0/s1. The van der Waals surface area contributed by atoms with Crippen molar-refractivity contribution in [1.82, 2.24) is 0 Å². The van der Waals surface area contributed by atoms with Crippen LogP contribution in [0.4, 0.5) is 5.69 Å². The third-order valence-corrected chi connectivity index (χ3v) is 5.70. The highest BCUT2D eigenvalue weighted by Gasteiger charge is 2.36. The van der Waals surface area contributed by atoms with E-state index >= 15 is 0 Å². The highest BCUT2D eigenvalue weighted by molar-refractivity contribution is 7.89. The molecule has 0 heterocycles. The predicted octanol–water partition coefficient (Wildman–Crippen LogP) is 3.29. The Morgan fingerprint density at radius 1 is 1.20 bits per heavy atom. The molecule has 0 saturated heterocycles. The number of hydrogen-bond acceptors (Lipinski definition) is 4. The number of halogens is 1. The summed E-state index contributed by atoms with van der Waals surface area (Å²) in [6, 6.07) is 12.3. The van der Waals surface area contributed by atoms with Crippen LogP contribution in [0.3, 0.4) is 0 Å². The highest BCUT2D eigenvalue weighted by atomic mass is 35.5. The first-order valence-electron chi connectivity index (χ1n) is 8.06. The Morgan fingerprint density at radius 3 is 2.56 bits per heavy atom. The normalized spacial score (nSPS) is 19.5. The molecule has 134 valence electrons. The van der Waals surface area contributed by atoms with Crippen molar-refractivity contribution in [3.8, 4) is 5.75 Å². The number of nitrogens with two attached hydrogens (primary N) is 1. The quantitative estimate of drug-likeness (QED) is 0.772. The van der Waals surface area contributed by atoms with Gasteiger partial charge < -0.3 is 10.1 Å². The summed E-state index contributed by atoms with van der Waals surface area (Å²) in [7, 11) is -1.99. The van der Waals surface area contributed by atoms with Gasteiger partial charge in [0.25, 0.3) is 0 Å². The van der Waals surface area contributed by atoms with Crippen molar-refractivity contribution in [3.05, 3.63) is 53.1 Å². The number of ether oxygens (including phenoxy) is 1. The zero-order valence-corrected chi connectivity index (χ0v) is 15.5. The van der Waals surface area contributed by atoms with E-state index in [1.165, 1.54) is 0 Å². The molecule has 2 aromatic rings. The van der Waals surface area contributed by atoms with Crippen LogP contribution in [0.1, 0.15) is 12.0 Å². The van der Waals surface area contributed by atoms with Gasteiger partial charge in [0.15, 0.2) is 0 Å². The number of primary sulfonamides is 1. The van der Waals surface area contributed by atoms with Gasteiger partial charge in [-0.1, -0.05) is 23.7 Å². The molecule has 0 aliphatic heterocycles. The fourth-order valence-corrected chi connectivity index (χ4v) is 3.68. The summed E-state index contributed by atoms with van der Waals surface area (Å²) >= 11 is 6.04. The van der Waals surface area contributed by atoms with Gasteiger partial charge in [-0.2, -0.15) is 0 Å².